The predicted octanol–water partition coefficient (Wildman–Crippen LogP) is 3.48. The fourth-order valence-electron chi connectivity index (χ4n) is 3.80. The Balaban J connectivity index is 1.50. The standard InChI is InChI=1S/C20H19N5OS/c26-20(17-7-4-10-27-17)22-16(19-24-23-18-8-3-9-25(18)19)11-13-12-21-15-6-2-1-5-14(13)15/h1-2,4-7,10,12,16,21H,3,8-9,11H2,(H,22,26). The molecule has 0 bridgehead atoms. The highest BCUT2D eigenvalue weighted by Crippen LogP contribution is 2.26. The Morgan fingerprint density at radius 3 is 3.07 bits per heavy atom. The number of nitrogens with one attached hydrogen (secondary N) is 2. The van der Waals surface area contributed by atoms with Crippen molar-refractivity contribution in [3.8, 4) is 0 Å². The van der Waals surface area contributed by atoms with Gasteiger partial charge in [0.2, 0.25) is 0 Å². The highest BCUT2D eigenvalue weighted by Gasteiger charge is 2.27. The monoisotopic (exact) mass is 377 g/mol. The van der Waals surface area contributed by atoms with Gasteiger partial charge in [-0.05, 0) is 29.5 Å². The maximum absolute atomic E-state index is 12.7. The molecule has 7 heteroatoms. The fraction of sp³-hybridized carbons (Fsp3) is 0.250. The molecule has 1 atom stereocenters. The highest BCUT2D eigenvalue weighted by atomic mass is 32.1. The minimum Gasteiger partial charge on any atom is -0.361 e. The molecule has 1 aliphatic heterocycles. The van der Waals surface area contributed by atoms with Gasteiger partial charge in [-0.15, -0.1) is 21.5 Å². The lowest BCUT2D eigenvalue weighted by Gasteiger charge is -2.18. The summed E-state index contributed by atoms with van der Waals surface area (Å²) in [4.78, 5) is 16.8. The Morgan fingerprint density at radius 2 is 2.19 bits per heavy atom. The Kier molecular flexibility index (Phi) is 4.01. The van der Waals surface area contributed by atoms with Gasteiger partial charge < -0.3 is 14.9 Å². The number of hydrogen-bond donors (Lipinski definition) is 2. The number of aromatic amines is 1. The molecular weight excluding hydrogens is 358 g/mol. The summed E-state index contributed by atoms with van der Waals surface area (Å²) in [6, 6.07) is 11.7. The average molecular weight is 377 g/mol. The van der Waals surface area contributed by atoms with E-state index in [-0.39, 0.29) is 11.9 Å². The van der Waals surface area contributed by atoms with Gasteiger partial charge in [0, 0.05) is 36.5 Å². The molecular formula is C20H19N5OS. The lowest BCUT2D eigenvalue weighted by Crippen LogP contribution is -2.31. The number of fused-ring (bicyclic) bond motifs is 2. The van der Waals surface area contributed by atoms with E-state index >= 15 is 0 Å². The van der Waals surface area contributed by atoms with E-state index in [9.17, 15) is 4.79 Å². The van der Waals surface area contributed by atoms with Crippen LogP contribution in [-0.2, 0) is 19.4 Å². The van der Waals surface area contributed by atoms with Crippen molar-refractivity contribution in [2.24, 2.45) is 0 Å². The van der Waals surface area contributed by atoms with E-state index in [1.54, 1.807) is 0 Å². The van der Waals surface area contributed by atoms with Crippen LogP contribution < -0.4 is 5.32 Å². The van der Waals surface area contributed by atoms with Crippen LogP contribution in [-0.4, -0.2) is 25.7 Å². The van der Waals surface area contributed by atoms with E-state index in [0.29, 0.717) is 11.3 Å². The van der Waals surface area contributed by atoms with Gasteiger partial charge in [-0.25, -0.2) is 0 Å². The highest BCUT2D eigenvalue weighted by molar-refractivity contribution is 7.12. The first-order chi connectivity index (χ1) is 13.3. The van der Waals surface area contributed by atoms with Crippen LogP contribution in [0.25, 0.3) is 10.9 Å². The SMILES string of the molecule is O=C(NC(Cc1c[nH]c2ccccc12)c1nnc2n1CCC2)c1cccs1. The van der Waals surface area contributed by atoms with Crippen molar-refractivity contribution in [2.75, 3.05) is 0 Å². The number of nitrogens with zero attached hydrogens (tertiary/aromatic N) is 3. The quantitative estimate of drug-likeness (QED) is 0.559. The summed E-state index contributed by atoms with van der Waals surface area (Å²) < 4.78 is 2.16. The third-order valence-electron chi connectivity index (χ3n) is 5.10. The van der Waals surface area contributed by atoms with Crippen molar-refractivity contribution in [1.82, 2.24) is 25.1 Å². The first-order valence-corrected chi connectivity index (χ1v) is 9.99. The molecule has 1 unspecified atom stereocenters. The van der Waals surface area contributed by atoms with Crippen LogP contribution in [0.5, 0.6) is 0 Å². The molecule has 3 aromatic heterocycles. The second kappa shape index (κ2) is 6.66. The third kappa shape index (κ3) is 2.94. The number of benzene rings is 1. The molecule has 0 radical (unpaired) electrons. The Morgan fingerprint density at radius 1 is 1.26 bits per heavy atom. The maximum atomic E-state index is 12.7. The second-order valence-corrected chi connectivity index (χ2v) is 7.74. The largest absolute Gasteiger partial charge is 0.361 e. The number of aromatic nitrogens is 4. The van der Waals surface area contributed by atoms with Crippen molar-refractivity contribution in [3.05, 3.63) is 70.1 Å². The van der Waals surface area contributed by atoms with E-state index in [1.807, 2.05) is 35.8 Å². The minimum absolute atomic E-state index is 0.0646. The summed E-state index contributed by atoms with van der Waals surface area (Å²) >= 11 is 1.45. The maximum Gasteiger partial charge on any atom is 0.261 e. The van der Waals surface area contributed by atoms with Crippen molar-refractivity contribution in [2.45, 2.75) is 31.8 Å². The third-order valence-corrected chi connectivity index (χ3v) is 5.97. The van der Waals surface area contributed by atoms with Gasteiger partial charge in [0.25, 0.3) is 5.91 Å². The van der Waals surface area contributed by atoms with Crippen LogP contribution in [0.1, 0.15) is 39.3 Å². The smallest absolute Gasteiger partial charge is 0.261 e. The molecule has 0 fully saturated rings. The summed E-state index contributed by atoms with van der Waals surface area (Å²) in [5.74, 6) is 1.79. The predicted molar refractivity (Wildman–Crippen MR) is 105 cm³/mol. The number of carbonyl (C=O) groups is 1. The van der Waals surface area contributed by atoms with Crippen LogP contribution in [0.15, 0.2) is 48.0 Å². The van der Waals surface area contributed by atoms with E-state index in [4.69, 9.17) is 0 Å². The molecule has 0 saturated heterocycles. The summed E-state index contributed by atoms with van der Waals surface area (Å²) in [5, 5.41) is 15.0. The molecule has 1 aromatic carbocycles. The fourth-order valence-corrected chi connectivity index (χ4v) is 4.42. The van der Waals surface area contributed by atoms with Crippen molar-refractivity contribution in [1.29, 1.82) is 0 Å². The zero-order valence-electron chi connectivity index (χ0n) is 14.7. The van der Waals surface area contributed by atoms with Crippen molar-refractivity contribution < 1.29 is 4.79 Å². The zero-order chi connectivity index (χ0) is 18.2. The normalized spacial score (nSPS) is 14.4. The number of carbonyl (C=O) groups excluding carboxylic acids is 1. The average Bonchev–Trinajstić information content (AvgIpc) is 3.45. The molecule has 1 amide bonds. The lowest BCUT2D eigenvalue weighted by molar-refractivity contribution is 0.0938. The molecule has 6 nitrogen and oxygen atoms in total. The molecule has 136 valence electrons. The topological polar surface area (TPSA) is 75.6 Å². The van der Waals surface area contributed by atoms with Gasteiger partial charge in [-0.2, -0.15) is 0 Å². The van der Waals surface area contributed by atoms with Gasteiger partial charge in [-0.1, -0.05) is 24.3 Å². The molecule has 4 heterocycles. The van der Waals surface area contributed by atoms with Gasteiger partial charge in [-0.3, -0.25) is 4.79 Å². The van der Waals surface area contributed by atoms with E-state index in [0.717, 1.165) is 42.1 Å². The van der Waals surface area contributed by atoms with Gasteiger partial charge in [0.15, 0.2) is 5.82 Å². The van der Waals surface area contributed by atoms with E-state index in [2.05, 4.69) is 37.2 Å². The number of thiophene rings is 1. The Labute approximate surface area is 160 Å². The van der Waals surface area contributed by atoms with Gasteiger partial charge in [0.1, 0.15) is 5.82 Å². The Hall–Kier alpha value is -2.93. The van der Waals surface area contributed by atoms with Crippen LogP contribution in [0.3, 0.4) is 0 Å². The van der Waals surface area contributed by atoms with Crippen LogP contribution in [0, 0.1) is 0 Å². The molecule has 4 aromatic rings. The number of hydrogen-bond acceptors (Lipinski definition) is 4. The zero-order valence-corrected chi connectivity index (χ0v) is 15.5. The molecule has 0 spiro atoms. The van der Waals surface area contributed by atoms with Gasteiger partial charge >= 0.3 is 0 Å². The minimum atomic E-state index is -0.224. The summed E-state index contributed by atoms with van der Waals surface area (Å²) in [7, 11) is 0. The molecule has 2 N–H and O–H groups in total. The van der Waals surface area contributed by atoms with Gasteiger partial charge in [0.05, 0.1) is 10.9 Å². The van der Waals surface area contributed by atoms with Crippen LogP contribution >= 0.6 is 11.3 Å². The van der Waals surface area contributed by atoms with Crippen molar-refractivity contribution >= 4 is 28.1 Å². The first-order valence-electron chi connectivity index (χ1n) is 9.11. The number of para-hydroxylation sites is 1. The van der Waals surface area contributed by atoms with Crippen LogP contribution in [0.4, 0.5) is 0 Å². The second-order valence-electron chi connectivity index (χ2n) is 6.80. The number of aryl methyl sites for hydroxylation is 1. The number of H-pyrrole nitrogens is 1. The summed E-state index contributed by atoms with van der Waals surface area (Å²) in [5.41, 5.74) is 2.26. The molecule has 27 heavy (non-hydrogen) atoms. The van der Waals surface area contributed by atoms with Crippen LogP contribution in [0.2, 0.25) is 0 Å². The number of amides is 1. The van der Waals surface area contributed by atoms with Crippen molar-refractivity contribution in [3.63, 3.8) is 0 Å². The Bertz CT molecular complexity index is 1090. The van der Waals surface area contributed by atoms with E-state index in [1.165, 1.54) is 16.7 Å². The molecule has 0 aliphatic carbocycles. The number of rotatable bonds is 5. The van der Waals surface area contributed by atoms with E-state index < -0.39 is 0 Å². The summed E-state index contributed by atoms with van der Waals surface area (Å²) in [6.45, 7) is 0.914. The molecule has 5 rings (SSSR count). The molecule has 1 aliphatic rings. The summed E-state index contributed by atoms with van der Waals surface area (Å²) in [6.07, 6.45) is 4.72. The first kappa shape index (κ1) is 16.3. The molecule has 0 saturated carbocycles. The lowest BCUT2D eigenvalue weighted by atomic mass is 10.0.